The van der Waals surface area contributed by atoms with Gasteiger partial charge in [-0.3, -0.25) is 15.1 Å². The Morgan fingerprint density at radius 1 is 1.29 bits per heavy atom. The van der Waals surface area contributed by atoms with Gasteiger partial charge in [0, 0.05) is 25.3 Å². The molecule has 2 atom stereocenters. The predicted molar refractivity (Wildman–Crippen MR) is 98.0 cm³/mol. The molecule has 0 aliphatic rings. The first-order valence-corrected chi connectivity index (χ1v) is 8.76. The lowest BCUT2D eigenvalue weighted by molar-refractivity contribution is -0.153. The number of aryl methyl sites for hydroxylation is 1. The average molecular weight is 335 g/mol. The fraction of sp³-hybridized carbons (Fsp3) is 0.684. The van der Waals surface area contributed by atoms with Crippen molar-refractivity contribution in [2.24, 2.45) is 11.3 Å². The van der Waals surface area contributed by atoms with Crippen molar-refractivity contribution in [2.45, 2.75) is 60.0 Å². The molecule has 3 N–H and O–H groups in total. The molecule has 0 aromatic carbocycles. The summed E-state index contributed by atoms with van der Waals surface area (Å²) in [6.45, 7) is 14.0. The molecule has 0 saturated heterocycles. The highest BCUT2D eigenvalue weighted by molar-refractivity contribution is 5.80. The summed E-state index contributed by atoms with van der Waals surface area (Å²) in [5, 5.41) is 16.6. The molecule has 24 heavy (non-hydrogen) atoms. The van der Waals surface area contributed by atoms with E-state index in [1.807, 2.05) is 59.7 Å². The van der Waals surface area contributed by atoms with Gasteiger partial charge in [-0.1, -0.05) is 47.1 Å². The summed E-state index contributed by atoms with van der Waals surface area (Å²) in [4.78, 5) is 16.5. The molecule has 0 saturated carbocycles. The lowest BCUT2D eigenvalue weighted by Crippen LogP contribution is -2.65. The zero-order chi connectivity index (χ0) is 18.4. The van der Waals surface area contributed by atoms with Crippen molar-refractivity contribution in [3.63, 3.8) is 0 Å². The van der Waals surface area contributed by atoms with Crippen LogP contribution in [0, 0.1) is 18.3 Å². The highest BCUT2D eigenvalue weighted by Gasteiger charge is 2.51. The van der Waals surface area contributed by atoms with Gasteiger partial charge in [0.25, 0.3) is 0 Å². The fourth-order valence-electron chi connectivity index (χ4n) is 3.35. The average Bonchev–Trinajstić information content (AvgIpc) is 2.48. The van der Waals surface area contributed by atoms with E-state index >= 15 is 0 Å². The molecule has 0 fully saturated rings. The zero-order valence-electron chi connectivity index (χ0n) is 15.9. The molecular formula is C19H33N3O2. The van der Waals surface area contributed by atoms with Crippen molar-refractivity contribution in [3.05, 3.63) is 29.6 Å². The SMILES string of the molecule is CC[C@H](C)[C@@](NCCNCc1cccc(C)n1)(C(=O)O)C(C)(C)C. The van der Waals surface area contributed by atoms with E-state index in [-0.39, 0.29) is 11.3 Å². The number of carboxylic acids is 1. The highest BCUT2D eigenvalue weighted by Crippen LogP contribution is 2.38. The molecule has 5 nitrogen and oxygen atoms in total. The van der Waals surface area contributed by atoms with Gasteiger partial charge in [-0.15, -0.1) is 0 Å². The summed E-state index contributed by atoms with van der Waals surface area (Å²) in [5.74, 6) is -0.738. The number of pyridine rings is 1. The van der Waals surface area contributed by atoms with E-state index in [0.717, 1.165) is 17.8 Å². The van der Waals surface area contributed by atoms with Gasteiger partial charge in [0.2, 0.25) is 0 Å². The van der Waals surface area contributed by atoms with Gasteiger partial charge >= 0.3 is 5.97 Å². The van der Waals surface area contributed by atoms with Crippen molar-refractivity contribution in [2.75, 3.05) is 13.1 Å². The fourth-order valence-corrected chi connectivity index (χ4v) is 3.35. The third kappa shape index (κ3) is 4.77. The minimum Gasteiger partial charge on any atom is -0.480 e. The summed E-state index contributed by atoms with van der Waals surface area (Å²) < 4.78 is 0. The van der Waals surface area contributed by atoms with Crippen LogP contribution in [-0.2, 0) is 11.3 Å². The van der Waals surface area contributed by atoms with Gasteiger partial charge in [-0.2, -0.15) is 0 Å². The largest absolute Gasteiger partial charge is 0.480 e. The van der Waals surface area contributed by atoms with E-state index in [0.29, 0.717) is 19.6 Å². The minimum absolute atomic E-state index is 0.0356. The quantitative estimate of drug-likeness (QED) is 0.605. The van der Waals surface area contributed by atoms with Crippen LogP contribution in [-0.4, -0.2) is 34.7 Å². The lowest BCUT2D eigenvalue weighted by atomic mass is 9.65. The molecule has 1 rings (SSSR count). The van der Waals surface area contributed by atoms with Crippen LogP contribution in [0.2, 0.25) is 0 Å². The Kier molecular flexibility index (Phi) is 7.36. The molecule has 0 radical (unpaired) electrons. The number of hydrogen-bond donors (Lipinski definition) is 3. The van der Waals surface area contributed by atoms with Gasteiger partial charge in [0.1, 0.15) is 5.54 Å². The van der Waals surface area contributed by atoms with Crippen LogP contribution in [0.15, 0.2) is 18.2 Å². The van der Waals surface area contributed by atoms with Crippen molar-refractivity contribution in [1.82, 2.24) is 15.6 Å². The van der Waals surface area contributed by atoms with E-state index in [1.54, 1.807) is 0 Å². The number of aromatic nitrogens is 1. The minimum atomic E-state index is -0.939. The van der Waals surface area contributed by atoms with Crippen LogP contribution < -0.4 is 10.6 Å². The van der Waals surface area contributed by atoms with Crippen molar-refractivity contribution >= 4 is 5.97 Å². The van der Waals surface area contributed by atoms with Gasteiger partial charge < -0.3 is 10.4 Å². The van der Waals surface area contributed by atoms with Crippen molar-refractivity contribution < 1.29 is 9.90 Å². The molecule has 1 aromatic heterocycles. The molecule has 136 valence electrons. The third-order valence-corrected chi connectivity index (χ3v) is 4.83. The van der Waals surface area contributed by atoms with Crippen LogP contribution in [0.1, 0.15) is 52.4 Å². The topological polar surface area (TPSA) is 74.2 Å². The monoisotopic (exact) mass is 335 g/mol. The molecule has 0 unspecified atom stereocenters. The first-order valence-electron chi connectivity index (χ1n) is 8.76. The second-order valence-corrected chi connectivity index (χ2v) is 7.55. The molecule has 0 amide bonds. The Hall–Kier alpha value is -1.46. The molecule has 1 heterocycles. The van der Waals surface area contributed by atoms with E-state index in [1.165, 1.54) is 0 Å². The number of rotatable bonds is 9. The number of carboxylic acid groups (broad SMARTS) is 1. The molecular weight excluding hydrogens is 302 g/mol. The Bertz CT molecular complexity index is 540. The number of hydrogen-bond acceptors (Lipinski definition) is 4. The summed E-state index contributed by atoms with van der Waals surface area (Å²) in [6, 6.07) is 5.96. The highest BCUT2D eigenvalue weighted by atomic mass is 16.4. The van der Waals surface area contributed by atoms with E-state index in [2.05, 4.69) is 15.6 Å². The van der Waals surface area contributed by atoms with E-state index in [9.17, 15) is 9.90 Å². The molecule has 5 heteroatoms. The molecule has 0 spiro atoms. The maximum atomic E-state index is 12.1. The van der Waals surface area contributed by atoms with E-state index in [4.69, 9.17) is 0 Å². The normalized spacial score (nSPS) is 15.8. The third-order valence-electron chi connectivity index (χ3n) is 4.83. The Morgan fingerprint density at radius 2 is 1.96 bits per heavy atom. The predicted octanol–water partition coefficient (Wildman–Crippen LogP) is 2.98. The van der Waals surface area contributed by atoms with Gasteiger partial charge in [-0.05, 0) is 30.4 Å². The van der Waals surface area contributed by atoms with Crippen LogP contribution in [0.5, 0.6) is 0 Å². The van der Waals surface area contributed by atoms with Gasteiger partial charge in [0.05, 0.1) is 5.69 Å². The standard InChI is InChI=1S/C19H33N3O2/c1-7-14(2)19(17(23)24,18(4,5)6)21-12-11-20-13-16-10-8-9-15(3)22-16/h8-10,14,20-21H,7,11-13H2,1-6H3,(H,23,24)/t14-,19+/m0/s1. The van der Waals surface area contributed by atoms with E-state index < -0.39 is 11.5 Å². The number of nitrogens with zero attached hydrogens (tertiary/aromatic N) is 1. The summed E-state index contributed by atoms with van der Waals surface area (Å²) >= 11 is 0. The first kappa shape index (κ1) is 20.6. The summed E-state index contributed by atoms with van der Waals surface area (Å²) in [5.41, 5.74) is 0.677. The second kappa shape index (κ2) is 8.58. The van der Waals surface area contributed by atoms with Gasteiger partial charge in [0.15, 0.2) is 0 Å². The maximum Gasteiger partial charge on any atom is 0.324 e. The lowest BCUT2D eigenvalue weighted by Gasteiger charge is -2.46. The Balaban J connectivity index is 2.64. The Labute approximate surface area is 146 Å². The molecule has 1 aromatic rings. The summed E-state index contributed by atoms with van der Waals surface area (Å²) in [7, 11) is 0. The number of nitrogens with one attached hydrogen (secondary N) is 2. The number of carbonyl (C=O) groups is 1. The first-order chi connectivity index (χ1) is 11.1. The number of aliphatic carboxylic acids is 1. The second-order valence-electron chi connectivity index (χ2n) is 7.55. The van der Waals surface area contributed by atoms with Crippen LogP contribution in [0.3, 0.4) is 0 Å². The van der Waals surface area contributed by atoms with Crippen LogP contribution in [0.4, 0.5) is 0 Å². The smallest absolute Gasteiger partial charge is 0.324 e. The molecule has 0 aliphatic heterocycles. The van der Waals surface area contributed by atoms with Crippen LogP contribution in [0.25, 0.3) is 0 Å². The maximum absolute atomic E-state index is 12.1. The van der Waals surface area contributed by atoms with Crippen molar-refractivity contribution in [1.29, 1.82) is 0 Å². The van der Waals surface area contributed by atoms with Gasteiger partial charge in [-0.25, -0.2) is 0 Å². The molecule has 0 bridgehead atoms. The summed E-state index contributed by atoms with van der Waals surface area (Å²) in [6.07, 6.45) is 0.817. The van der Waals surface area contributed by atoms with Crippen molar-refractivity contribution in [3.8, 4) is 0 Å². The zero-order valence-corrected chi connectivity index (χ0v) is 15.9. The van der Waals surface area contributed by atoms with Crippen LogP contribution >= 0.6 is 0 Å². The molecule has 0 aliphatic carbocycles. The Morgan fingerprint density at radius 3 is 2.46 bits per heavy atom.